The summed E-state index contributed by atoms with van der Waals surface area (Å²) in [5.41, 5.74) is -0.0204. The minimum atomic E-state index is -0.0204. The first-order chi connectivity index (χ1) is 7.24. The van der Waals surface area contributed by atoms with E-state index >= 15 is 0 Å². The van der Waals surface area contributed by atoms with Crippen LogP contribution in [0.2, 0.25) is 0 Å². The molecule has 0 aliphatic heterocycles. The number of hydrogen-bond acceptors (Lipinski definition) is 2. The van der Waals surface area contributed by atoms with E-state index in [1.54, 1.807) is 0 Å². The summed E-state index contributed by atoms with van der Waals surface area (Å²) < 4.78 is 0. The maximum absolute atomic E-state index is 5.69. The van der Waals surface area contributed by atoms with Gasteiger partial charge in [-0.1, -0.05) is 47.0 Å². The van der Waals surface area contributed by atoms with Crippen molar-refractivity contribution in [2.75, 3.05) is 6.61 Å². The molecule has 0 aromatic rings. The molecule has 0 fully saturated rings. The lowest BCUT2D eigenvalue weighted by atomic mass is 9.88. The van der Waals surface area contributed by atoms with E-state index in [0.29, 0.717) is 6.61 Å². The van der Waals surface area contributed by atoms with Gasteiger partial charge in [-0.2, -0.15) is 0 Å². The fraction of sp³-hybridized carbons (Fsp3) is 1.00. The van der Waals surface area contributed by atoms with Gasteiger partial charge in [0.25, 0.3) is 0 Å². The quantitative estimate of drug-likeness (QED) is 0.304. The molecule has 0 spiro atoms. The van der Waals surface area contributed by atoms with Crippen molar-refractivity contribution >= 4 is 0 Å². The normalized spacial score (nSPS) is 12.0. The van der Waals surface area contributed by atoms with E-state index in [1.165, 1.54) is 0 Å². The van der Waals surface area contributed by atoms with Crippen LogP contribution in [0.15, 0.2) is 0 Å². The molecule has 2 heteroatoms. The summed E-state index contributed by atoms with van der Waals surface area (Å²) in [4.78, 5) is 11.0. The zero-order valence-corrected chi connectivity index (χ0v) is 11.0. The lowest BCUT2D eigenvalue weighted by Crippen LogP contribution is -2.32. The second-order valence-corrected chi connectivity index (χ2v) is 4.34. The van der Waals surface area contributed by atoms with Gasteiger partial charge in [0, 0.05) is 0 Å². The van der Waals surface area contributed by atoms with E-state index in [9.17, 15) is 0 Å². The maximum Gasteiger partial charge on any atom is 0.104 e. The lowest BCUT2D eigenvalue weighted by Gasteiger charge is -2.31. The fourth-order valence-electron chi connectivity index (χ4n) is 2.12. The van der Waals surface area contributed by atoms with Crippen LogP contribution in [0.1, 0.15) is 72.6 Å². The fourth-order valence-corrected chi connectivity index (χ4v) is 2.12. The van der Waals surface area contributed by atoms with Gasteiger partial charge in [0.05, 0.1) is 6.61 Å². The van der Waals surface area contributed by atoms with Crippen molar-refractivity contribution in [3.8, 4) is 0 Å². The predicted molar refractivity (Wildman–Crippen MR) is 64.8 cm³/mol. The van der Waals surface area contributed by atoms with Crippen LogP contribution in [-0.4, -0.2) is 12.2 Å². The summed E-state index contributed by atoms with van der Waals surface area (Å²) in [5, 5.41) is 0. The van der Waals surface area contributed by atoms with Crippen LogP contribution in [0.25, 0.3) is 0 Å². The van der Waals surface area contributed by atoms with Crippen LogP contribution in [0.3, 0.4) is 0 Å². The molecule has 0 aliphatic rings. The number of hydrogen-bond donors (Lipinski definition) is 0. The molecule has 2 nitrogen and oxygen atoms in total. The first-order valence-corrected chi connectivity index (χ1v) is 6.55. The molecular weight excluding hydrogens is 188 g/mol. The smallest absolute Gasteiger partial charge is 0.104 e. The van der Waals surface area contributed by atoms with Gasteiger partial charge in [-0.15, -0.1) is 0 Å². The van der Waals surface area contributed by atoms with Crippen molar-refractivity contribution in [2.24, 2.45) is 0 Å². The molecule has 0 N–H and O–H groups in total. The Balaban J connectivity index is 4.18. The summed E-state index contributed by atoms with van der Waals surface area (Å²) in [6.07, 6.45) is 7.83. The number of rotatable bonds is 10. The predicted octanol–water partition coefficient (Wildman–Crippen LogP) is 4.48. The van der Waals surface area contributed by atoms with Crippen LogP contribution in [0.5, 0.6) is 0 Å². The first-order valence-electron chi connectivity index (χ1n) is 6.55. The van der Waals surface area contributed by atoms with Crippen LogP contribution >= 0.6 is 0 Å². The highest BCUT2D eigenvalue weighted by Gasteiger charge is 2.29. The Morgan fingerprint density at radius 3 is 1.53 bits per heavy atom. The molecule has 0 amide bonds. The third-order valence-electron chi connectivity index (χ3n) is 2.64. The van der Waals surface area contributed by atoms with Gasteiger partial charge >= 0.3 is 0 Å². The average molecular weight is 216 g/mol. The van der Waals surface area contributed by atoms with Gasteiger partial charge < -0.3 is 0 Å². The van der Waals surface area contributed by atoms with Crippen molar-refractivity contribution in [3.63, 3.8) is 0 Å². The Kier molecular flexibility index (Phi) is 9.12. The Hall–Kier alpha value is -0.0800. The molecule has 15 heavy (non-hydrogen) atoms. The van der Waals surface area contributed by atoms with Crippen LogP contribution < -0.4 is 0 Å². The van der Waals surface area contributed by atoms with Gasteiger partial charge in [0.1, 0.15) is 5.60 Å². The summed E-state index contributed by atoms with van der Waals surface area (Å²) in [5.74, 6) is 0. The molecule has 0 aromatic carbocycles. The second-order valence-electron chi connectivity index (χ2n) is 4.34. The van der Waals surface area contributed by atoms with Crippen LogP contribution in [-0.2, 0) is 9.78 Å². The van der Waals surface area contributed by atoms with Gasteiger partial charge in [-0.25, -0.2) is 9.78 Å². The molecule has 0 radical (unpaired) electrons. The van der Waals surface area contributed by atoms with E-state index in [1.807, 2.05) is 0 Å². The van der Waals surface area contributed by atoms with Gasteiger partial charge in [-0.05, 0) is 25.7 Å². The topological polar surface area (TPSA) is 18.5 Å². The maximum atomic E-state index is 5.69. The monoisotopic (exact) mass is 216 g/mol. The molecule has 0 saturated heterocycles. The van der Waals surface area contributed by atoms with Gasteiger partial charge in [0.2, 0.25) is 0 Å². The zero-order valence-electron chi connectivity index (χ0n) is 11.0. The largest absolute Gasteiger partial charge is 0.236 e. The molecule has 0 unspecified atom stereocenters. The molecular formula is C13H28O2. The second kappa shape index (κ2) is 9.17. The first kappa shape index (κ1) is 14.9. The molecule has 92 valence electrons. The Morgan fingerprint density at radius 2 is 1.20 bits per heavy atom. The Morgan fingerprint density at radius 1 is 0.733 bits per heavy atom. The highest BCUT2D eigenvalue weighted by Crippen LogP contribution is 2.29. The van der Waals surface area contributed by atoms with Crippen molar-refractivity contribution < 1.29 is 9.78 Å². The summed E-state index contributed by atoms with van der Waals surface area (Å²) in [6, 6.07) is 0. The zero-order chi connectivity index (χ0) is 11.6. The SMILES string of the molecule is CCCOOC(CCC)(CCC)CCC. The molecule has 0 saturated carbocycles. The molecule has 0 aliphatic carbocycles. The Bertz CT molecular complexity index is 117. The van der Waals surface area contributed by atoms with Gasteiger partial charge in [0.15, 0.2) is 0 Å². The van der Waals surface area contributed by atoms with Crippen molar-refractivity contribution in [1.29, 1.82) is 0 Å². The van der Waals surface area contributed by atoms with E-state index in [0.717, 1.165) is 44.9 Å². The minimum absolute atomic E-state index is 0.0204. The highest BCUT2D eigenvalue weighted by molar-refractivity contribution is 4.78. The lowest BCUT2D eigenvalue weighted by molar-refractivity contribution is -0.366. The summed E-state index contributed by atoms with van der Waals surface area (Å²) >= 11 is 0. The highest BCUT2D eigenvalue weighted by atomic mass is 17.2. The minimum Gasteiger partial charge on any atom is -0.236 e. The van der Waals surface area contributed by atoms with Crippen LogP contribution in [0, 0.1) is 0 Å². The molecule has 0 atom stereocenters. The van der Waals surface area contributed by atoms with E-state index < -0.39 is 0 Å². The van der Waals surface area contributed by atoms with E-state index in [4.69, 9.17) is 9.78 Å². The van der Waals surface area contributed by atoms with Crippen molar-refractivity contribution in [1.82, 2.24) is 0 Å². The summed E-state index contributed by atoms with van der Waals surface area (Å²) in [7, 11) is 0. The molecule has 0 aromatic heterocycles. The third-order valence-corrected chi connectivity index (χ3v) is 2.64. The van der Waals surface area contributed by atoms with E-state index in [-0.39, 0.29) is 5.60 Å². The van der Waals surface area contributed by atoms with Crippen molar-refractivity contribution in [3.05, 3.63) is 0 Å². The third kappa shape index (κ3) is 6.16. The molecule has 0 heterocycles. The molecule has 0 bridgehead atoms. The van der Waals surface area contributed by atoms with Crippen LogP contribution in [0.4, 0.5) is 0 Å². The van der Waals surface area contributed by atoms with Crippen molar-refractivity contribution in [2.45, 2.75) is 78.2 Å². The Labute approximate surface area is 95.3 Å². The average Bonchev–Trinajstić information content (AvgIpc) is 2.19. The van der Waals surface area contributed by atoms with E-state index in [2.05, 4.69) is 27.7 Å². The molecule has 0 rings (SSSR count). The standard InChI is InChI=1S/C13H28O2/c1-5-9-13(10-6-2,11-7-3)15-14-12-8-4/h5-12H2,1-4H3. The van der Waals surface area contributed by atoms with Gasteiger partial charge in [-0.3, -0.25) is 0 Å². The summed E-state index contributed by atoms with van der Waals surface area (Å²) in [6.45, 7) is 9.44.